The van der Waals surface area contributed by atoms with E-state index in [1.807, 2.05) is 0 Å². The lowest BCUT2D eigenvalue weighted by molar-refractivity contribution is 0.146. The molecule has 1 atom stereocenters. The molecule has 0 aromatic rings. The van der Waals surface area contributed by atoms with E-state index in [2.05, 4.69) is 43.1 Å². The van der Waals surface area contributed by atoms with Gasteiger partial charge in [0.15, 0.2) is 0 Å². The van der Waals surface area contributed by atoms with Gasteiger partial charge in [0.2, 0.25) is 0 Å². The molecule has 1 aliphatic heterocycles. The summed E-state index contributed by atoms with van der Waals surface area (Å²) in [6, 6.07) is 1.60. The maximum Gasteiger partial charge on any atom is 0.0229 e. The molecule has 0 bridgehead atoms. The predicted octanol–water partition coefficient (Wildman–Crippen LogP) is 2.18. The van der Waals surface area contributed by atoms with Gasteiger partial charge in [0, 0.05) is 31.7 Å². The lowest BCUT2D eigenvalue weighted by atomic mass is 9.81. The summed E-state index contributed by atoms with van der Waals surface area (Å²) in [5.41, 5.74) is 0.490. The van der Waals surface area contributed by atoms with Crippen LogP contribution in [0.5, 0.6) is 0 Å². The maximum absolute atomic E-state index is 3.77. The highest BCUT2D eigenvalue weighted by Crippen LogP contribution is 2.30. The van der Waals surface area contributed by atoms with Gasteiger partial charge in [-0.05, 0) is 58.2 Å². The zero-order valence-electron chi connectivity index (χ0n) is 13.4. The Morgan fingerprint density at radius 2 is 1.84 bits per heavy atom. The minimum Gasteiger partial charge on any atom is -0.313 e. The van der Waals surface area contributed by atoms with Gasteiger partial charge in [-0.25, -0.2) is 0 Å². The van der Waals surface area contributed by atoms with Crippen molar-refractivity contribution < 1.29 is 0 Å². The molecule has 19 heavy (non-hydrogen) atoms. The van der Waals surface area contributed by atoms with Gasteiger partial charge in [-0.1, -0.05) is 13.8 Å². The molecule has 1 saturated carbocycles. The molecule has 3 heteroatoms. The summed E-state index contributed by atoms with van der Waals surface area (Å²) in [7, 11) is 4.44. The minimum atomic E-state index is 0.490. The van der Waals surface area contributed by atoms with Gasteiger partial charge >= 0.3 is 0 Å². The summed E-state index contributed by atoms with van der Waals surface area (Å²) in [4.78, 5) is 5.09. The van der Waals surface area contributed by atoms with Crippen LogP contribution in [0.3, 0.4) is 0 Å². The van der Waals surface area contributed by atoms with Crippen LogP contribution < -0.4 is 5.32 Å². The number of hydrogen-bond donors (Lipinski definition) is 1. The van der Waals surface area contributed by atoms with Crippen LogP contribution in [-0.2, 0) is 0 Å². The van der Waals surface area contributed by atoms with Gasteiger partial charge in [0.1, 0.15) is 0 Å². The van der Waals surface area contributed by atoms with E-state index < -0.39 is 0 Å². The van der Waals surface area contributed by atoms with E-state index >= 15 is 0 Å². The molecule has 1 aliphatic carbocycles. The third-order valence-corrected chi connectivity index (χ3v) is 5.38. The van der Waals surface area contributed by atoms with Crippen LogP contribution in [0.4, 0.5) is 0 Å². The van der Waals surface area contributed by atoms with E-state index in [-0.39, 0.29) is 0 Å². The van der Waals surface area contributed by atoms with Crippen LogP contribution in [0.25, 0.3) is 0 Å². The Kier molecular flexibility index (Phi) is 5.27. The summed E-state index contributed by atoms with van der Waals surface area (Å²) in [5, 5.41) is 3.77. The van der Waals surface area contributed by atoms with E-state index in [4.69, 9.17) is 0 Å². The Labute approximate surface area is 119 Å². The number of hydrogen-bond acceptors (Lipinski definition) is 3. The van der Waals surface area contributed by atoms with E-state index in [0.717, 1.165) is 12.1 Å². The molecule has 1 heterocycles. The fourth-order valence-electron chi connectivity index (χ4n) is 3.28. The summed E-state index contributed by atoms with van der Waals surface area (Å²) in [6.07, 6.45) is 6.73. The molecule has 2 fully saturated rings. The van der Waals surface area contributed by atoms with Crippen molar-refractivity contribution >= 4 is 0 Å². The van der Waals surface area contributed by atoms with Gasteiger partial charge < -0.3 is 15.1 Å². The van der Waals surface area contributed by atoms with Crippen LogP contribution in [0.15, 0.2) is 0 Å². The fraction of sp³-hybridized carbons (Fsp3) is 1.00. The molecule has 0 amide bonds. The molecular weight excluding hydrogens is 234 g/mol. The largest absolute Gasteiger partial charge is 0.313 e. The third kappa shape index (κ3) is 4.17. The summed E-state index contributed by atoms with van der Waals surface area (Å²) in [6.45, 7) is 9.79. The minimum absolute atomic E-state index is 0.490. The quantitative estimate of drug-likeness (QED) is 0.727. The smallest absolute Gasteiger partial charge is 0.0229 e. The monoisotopic (exact) mass is 267 g/mol. The standard InChI is InChI=1S/C16H33N3/c1-5-16(6-2,12-17-14-7-8-14)13-19-10-9-15(11-19)18(3)4/h14-15,17H,5-13H2,1-4H3. The Bertz CT molecular complexity index is 269. The lowest BCUT2D eigenvalue weighted by Gasteiger charge is -2.36. The number of nitrogens with one attached hydrogen (secondary N) is 1. The van der Waals surface area contributed by atoms with Crippen LogP contribution in [-0.4, -0.2) is 62.2 Å². The summed E-state index contributed by atoms with van der Waals surface area (Å²) >= 11 is 0. The summed E-state index contributed by atoms with van der Waals surface area (Å²) < 4.78 is 0. The van der Waals surface area contributed by atoms with Crippen molar-refractivity contribution in [2.75, 3.05) is 40.3 Å². The molecule has 0 aromatic carbocycles. The molecule has 112 valence electrons. The molecule has 1 unspecified atom stereocenters. The molecule has 1 saturated heterocycles. The summed E-state index contributed by atoms with van der Waals surface area (Å²) in [5.74, 6) is 0. The van der Waals surface area contributed by atoms with Gasteiger partial charge in [0.25, 0.3) is 0 Å². The molecule has 3 nitrogen and oxygen atoms in total. The Morgan fingerprint density at radius 3 is 2.32 bits per heavy atom. The van der Waals surface area contributed by atoms with Crippen molar-refractivity contribution in [3.05, 3.63) is 0 Å². The molecule has 0 aromatic heterocycles. The van der Waals surface area contributed by atoms with E-state index in [1.165, 1.54) is 58.3 Å². The van der Waals surface area contributed by atoms with Crippen LogP contribution in [0.2, 0.25) is 0 Å². The van der Waals surface area contributed by atoms with Crippen molar-refractivity contribution in [1.29, 1.82) is 0 Å². The van der Waals surface area contributed by atoms with Crippen molar-refractivity contribution in [3.63, 3.8) is 0 Å². The molecular formula is C16H33N3. The van der Waals surface area contributed by atoms with Crippen molar-refractivity contribution in [2.45, 2.75) is 58.0 Å². The number of likely N-dealkylation sites (N-methyl/N-ethyl adjacent to an activating group) is 1. The molecule has 0 spiro atoms. The third-order valence-electron chi connectivity index (χ3n) is 5.38. The first-order chi connectivity index (χ1) is 9.08. The highest BCUT2D eigenvalue weighted by molar-refractivity contribution is 4.91. The topological polar surface area (TPSA) is 18.5 Å². The normalized spacial score (nSPS) is 25.4. The SMILES string of the molecule is CCC(CC)(CNC1CC1)CN1CCC(N(C)C)C1. The van der Waals surface area contributed by atoms with Gasteiger partial charge in [0.05, 0.1) is 0 Å². The second-order valence-corrected chi connectivity index (χ2v) is 7.00. The number of nitrogens with zero attached hydrogens (tertiary/aromatic N) is 2. The van der Waals surface area contributed by atoms with Crippen molar-refractivity contribution in [2.24, 2.45) is 5.41 Å². The first-order valence-corrected chi connectivity index (χ1v) is 8.20. The van der Waals surface area contributed by atoms with Gasteiger partial charge in [-0.15, -0.1) is 0 Å². The first-order valence-electron chi connectivity index (χ1n) is 8.20. The van der Waals surface area contributed by atoms with Crippen LogP contribution >= 0.6 is 0 Å². The Hall–Kier alpha value is -0.120. The van der Waals surface area contributed by atoms with Crippen molar-refractivity contribution in [1.82, 2.24) is 15.1 Å². The highest BCUT2D eigenvalue weighted by Gasteiger charge is 2.34. The van der Waals surface area contributed by atoms with Crippen LogP contribution in [0, 0.1) is 5.41 Å². The second-order valence-electron chi connectivity index (χ2n) is 7.00. The Balaban J connectivity index is 1.84. The average molecular weight is 267 g/mol. The van der Waals surface area contributed by atoms with Crippen LogP contribution in [0.1, 0.15) is 46.0 Å². The lowest BCUT2D eigenvalue weighted by Crippen LogP contribution is -2.44. The molecule has 1 N–H and O–H groups in total. The number of likely N-dealkylation sites (tertiary alicyclic amines) is 1. The van der Waals surface area contributed by atoms with Gasteiger partial charge in [-0.3, -0.25) is 0 Å². The molecule has 0 radical (unpaired) electrons. The molecule has 2 rings (SSSR count). The highest BCUT2D eigenvalue weighted by atomic mass is 15.2. The first kappa shape index (κ1) is 15.3. The van der Waals surface area contributed by atoms with Gasteiger partial charge in [-0.2, -0.15) is 0 Å². The number of rotatable bonds is 8. The van der Waals surface area contributed by atoms with E-state index in [1.54, 1.807) is 0 Å². The fourth-order valence-corrected chi connectivity index (χ4v) is 3.28. The maximum atomic E-state index is 3.77. The average Bonchev–Trinajstić information content (AvgIpc) is 3.12. The van der Waals surface area contributed by atoms with E-state index in [9.17, 15) is 0 Å². The zero-order valence-corrected chi connectivity index (χ0v) is 13.4. The van der Waals surface area contributed by atoms with Crippen molar-refractivity contribution in [3.8, 4) is 0 Å². The zero-order chi connectivity index (χ0) is 13.9. The predicted molar refractivity (Wildman–Crippen MR) is 82.6 cm³/mol. The Morgan fingerprint density at radius 1 is 1.16 bits per heavy atom. The second kappa shape index (κ2) is 6.55. The molecule has 2 aliphatic rings. The van der Waals surface area contributed by atoms with E-state index in [0.29, 0.717) is 5.41 Å².